The summed E-state index contributed by atoms with van der Waals surface area (Å²) < 4.78 is 31.9. The average molecular weight is 328 g/mol. The topological polar surface area (TPSA) is 96.8 Å². The molecule has 0 saturated carbocycles. The predicted octanol–water partition coefficient (Wildman–Crippen LogP) is 1.42. The third-order valence-electron chi connectivity index (χ3n) is 4.10. The van der Waals surface area contributed by atoms with E-state index in [4.69, 9.17) is 4.74 Å². The molecule has 122 valence electrons. The van der Waals surface area contributed by atoms with Gasteiger partial charge in [0.25, 0.3) is 0 Å². The number of carboxylic acids is 1. The number of methoxy groups -OCH3 is 1. The molecule has 22 heavy (non-hydrogen) atoms. The molecular weight excluding hydrogens is 308 g/mol. The number of carboxylic acid groups (broad SMARTS) is 1. The normalized spacial score (nSPS) is 23.2. The first kappa shape index (κ1) is 16.7. The number of hydrogen-bond acceptors (Lipinski definition) is 5. The Hall–Kier alpha value is -1.67. The lowest BCUT2D eigenvalue weighted by molar-refractivity contribution is -0.149. The third-order valence-corrected chi connectivity index (χ3v) is 6.25. The molecule has 1 atom stereocenters. The van der Waals surface area contributed by atoms with Gasteiger partial charge in [0.15, 0.2) is 0 Å². The molecule has 0 spiro atoms. The Bertz CT molecular complexity index is 688. The highest BCUT2D eigenvalue weighted by Crippen LogP contribution is 2.34. The molecule has 0 aromatic carbocycles. The van der Waals surface area contributed by atoms with Crippen molar-refractivity contribution >= 4 is 16.0 Å². The number of rotatable bonds is 4. The average Bonchev–Trinajstić information content (AvgIpc) is 2.46. The summed E-state index contributed by atoms with van der Waals surface area (Å²) in [6.45, 7) is 3.29. The largest absolute Gasteiger partial charge is 0.481 e. The smallest absolute Gasteiger partial charge is 0.324 e. The first-order valence-electron chi connectivity index (χ1n) is 7.00. The monoisotopic (exact) mass is 328 g/mol. The number of pyridine rings is 1. The number of aromatic nitrogens is 1. The molecule has 0 bridgehead atoms. The predicted molar refractivity (Wildman–Crippen MR) is 79.3 cm³/mol. The fourth-order valence-corrected chi connectivity index (χ4v) is 4.67. The van der Waals surface area contributed by atoms with Gasteiger partial charge in [-0.3, -0.25) is 4.79 Å². The van der Waals surface area contributed by atoms with E-state index in [1.54, 1.807) is 6.92 Å². The first-order chi connectivity index (χ1) is 10.2. The van der Waals surface area contributed by atoms with Gasteiger partial charge in [0.05, 0.1) is 13.3 Å². The summed E-state index contributed by atoms with van der Waals surface area (Å²) in [6, 6.07) is 1.52. The van der Waals surface area contributed by atoms with Crippen LogP contribution in [0.1, 0.15) is 31.7 Å². The van der Waals surface area contributed by atoms with E-state index in [2.05, 4.69) is 4.98 Å². The van der Waals surface area contributed by atoms with Crippen molar-refractivity contribution in [3.8, 4) is 5.88 Å². The number of hydrogen-bond donors (Lipinski definition) is 1. The Morgan fingerprint density at radius 2 is 2.14 bits per heavy atom. The van der Waals surface area contributed by atoms with Crippen LogP contribution in [0, 0.1) is 6.92 Å². The van der Waals surface area contributed by atoms with Gasteiger partial charge in [-0.1, -0.05) is 0 Å². The second-order valence-corrected chi connectivity index (χ2v) is 7.44. The van der Waals surface area contributed by atoms with Crippen molar-refractivity contribution in [2.45, 2.75) is 43.5 Å². The minimum atomic E-state index is -3.94. The molecular formula is C14H20N2O5S. The van der Waals surface area contributed by atoms with Crippen molar-refractivity contribution in [3.63, 3.8) is 0 Å². The van der Waals surface area contributed by atoms with Crippen molar-refractivity contribution in [2.75, 3.05) is 13.7 Å². The number of piperidine rings is 1. The maximum atomic E-state index is 12.9. The van der Waals surface area contributed by atoms with Crippen molar-refractivity contribution in [3.05, 3.63) is 17.8 Å². The van der Waals surface area contributed by atoms with Crippen LogP contribution in [-0.2, 0) is 14.8 Å². The van der Waals surface area contributed by atoms with Gasteiger partial charge < -0.3 is 9.84 Å². The summed E-state index contributed by atoms with van der Waals surface area (Å²) in [4.78, 5) is 15.6. The molecule has 7 nitrogen and oxygen atoms in total. The van der Waals surface area contributed by atoms with Crippen molar-refractivity contribution in [2.24, 2.45) is 0 Å². The minimum absolute atomic E-state index is 0.0164. The number of carbonyl (C=O) groups is 1. The zero-order valence-corrected chi connectivity index (χ0v) is 13.7. The fourth-order valence-electron chi connectivity index (χ4n) is 2.71. The highest BCUT2D eigenvalue weighted by Gasteiger charge is 2.48. The van der Waals surface area contributed by atoms with Crippen LogP contribution in [0.5, 0.6) is 5.88 Å². The Morgan fingerprint density at radius 3 is 2.68 bits per heavy atom. The van der Waals surface area contributed by atoms with E-state index < -0.39 is 21.5 Å². The van der Waals surface area contributed by atoms with Crippen LogP contribution in [-0.4, -0.2) is 48.0 Å². The number of sulfonamides is 1. The SMILES string of the molecule is COc1cc(C)c(S(=O)(=O)N2CCCCC2(C)C(=O)O)cn1. The summed E-state index contributed by atoms with van der Waals surface area (Å²) in [7, 11) is -2.49. The molecule has 1 aromatic rings. The van der Waals surface area contributed by atoms with Crippen LogP contribution in [0.25, 0.3) is 0 Å². The summed E-state index contributed by atoms with van der Waals surface area (Å²) in [5, 5.41) is 9.49. The van der Waals surface area contributed by atoms with Crippen LogP contribution < -0.4 is 4.74 Å². The molecule has 0 amide bonds. The summed E-state index contributed by atoms with van der Waals surface area (Å²) in [5.41, 5.74) is -0.950. The van der Waals surface area contributed by atoms with E-state index in [0.29, 0.717) is 30.7 Å². The molecule has 1 saturated heterocycles. The third kappa shape index (κ3) is 2.68. The minimum Gasteiger partial charge on any atom is -0.481 e. The zero-order valence-electron chi connectivity index (χ0n) is 12.9. The fraction of sp³-hybridized carbons (Fsp3) is 0.571. The number of aliphatic carboxylic acids is 1. The van der Waals surface area contributed by atoms with E-state index in [1.165, 1.54) is 26.3 Å². The molecule has 0 aliphatic carbocycles. The molecule has 8 heteroatoms. The van der Waals surface area contributed by atoms with E-state index in [1.807, 2.05) is 0 Å². The van der Waals surface area contributed by atoms with Gasteiger partial charge in [0.1, 0.15) is 10.4 Å². The number of nitrogens with zero attached hydrogens (tertiary/aromatic N) is 2. The number of aryl methyl sites for hydroxylation is 1. The van der Waals surface area contributed by atoms with Crippen LogP contribution in [0.2, 0.25) is 0 Å². The van der Waals surface area contributed by atoms with E-state index >= 15 is 0 Å². The lowest BCUT2D eigenvalue weighted by Crippen LogP contribution is -2.57. The van der Waals surface area contributed by atoms with Crippen molar-refractivity contribution in [1.82, 2.24) is 9.29 Å². The van der Waals surface area contributed by atoms with Crippen LogP contribution in [0.4, 0.5) is 0 Å². The molecule has 1 aliphatic heterocycles. The maximum absolute atomic E-state index is 12.9. The van der Waals surface area contributed by atoms with Gasteiger partial charge in [-0.2, -0.15) is 4.31 Å². The molecule has 2 rings (SSSR count). The first-order valence-corrected chi connectivity index (χ1v) is 8.44. The lowest BCUT2D eigenvalue weighted by Gasteiger charge is -2.40. The van der Waals surface area contributed by atoms with Gasteiger partial charge in [-0.25, -0.2) is 13.4 Å². The van der Waals surface area contributed by atoms with Crippen LogP contribution in [0.15, 0.2) is 17.2 Å². The van der Waals surface area contributed by atoms with Gasteiger partial charge in [-0.05, 0) is 38.7 Å². The van der Waals surface area contributed by atoms with Gasteiger partial charge in [0.2, 0.25) is 15.9 Å². The second-order valence-electron chi connectivity index (χ2n) is 5.61. The van der Waals surface area contributed by atoms with E-state index in [-0.39, 0.29) is 11.4 Å². The quantitative estimate of drug-likeness (QED) is 0.898. The van der Waals surface area contributed by atoms with Gasteiger partial charge in [-0.15, -0.1) is 0 Å². The summed E-state index contributed by atoms with van der Waals surface area (Å²) in [5.74, 6) is -0.814. The molecule has 2 heterocycles. The van der Waals surface area contributed by atoms with E-state index in [0.717, 1.165) is 4.31 Å². The van der Waals surface area contributed by atoms with Crippen molar-refractivity contribution in [1.29, 1.82) is 0 Å². The number of ether oxygens (including phenoxy) is 1. The molecule has 1 aliphatic rings. The Balaban J connectivity index is 2.51. The molecule has 1 aromatic heterocycles. The van der Waals surface area contributed by atoms with E-state index in [9.17, 15) is 18.3 Å². The second kappa shape index (κ2) is 5.85. The Morgan fingerprint density at radius 1 is 1.45 bits per heavy atom. The van der Waals surface area contributed by atoms with Crippen LogP contribution >= 0.6 is 0 Å². The lowest BCUT2D eigenvalue weighted by atomic mass is 9.91. The highest BCUT2D eigenvalue weighted by atomic mass is 32.2. The maximum Gasteiger partial charge on any atom is 0.324 e. The molecule has 1 unspecified atom stereocenters. The molecule has 1 fully saturated rings. The summed E-state index contributed by atoms with van der Waals surface area (Å²) >= 11 is 0. The van der Waals surface area contributed by atoms with Crippen LogP contribution in [0.3, 0.4) is 0 Å². The van der Waals surface area contributed by atoms with Gasteiger partial charge in [0, 0.05) is 12.6 Å². The van der Waals surface area contributed by atoms with Gasteiger partial charge >= 0.3 is 5.97 Å². The Labute approximate surface area is 130 Å². The molecule has 1 N–H and O–H groups in total. The Kier molecular flexibility index (Phi) is 4.44. The van der Waals surface area contributed by atoms with Crippen molar-refractivity contribution < 1.29 is 23.1 Å². The summed E-state index contributed by atoms with van der Waals surface area (Å²) in [6.07, 6.45) is 2.85. The standard InChI is InChI=1S/C14H20N2O5S/c1-10-8-12(21-3)15-9-11(10)22(19,20)16-7-5-4-6-14(16,2)13(17)18/h8-9H,4-7H2,1-3H3,(H,17,18). The molecule has 0 radical (unpaired) electrons. The zero-order chi connectivity index (χ0) is 16.5. The highest BCUT2D eigenvalue weighted by molar-refractivity contribution is 7.89.